The third-order valence-electron chi connectivity index (χ3n) is 5.42. The molecule has 0 radical (unpaired) electrons. The van der Waals surface area contributed by atoms with Crippen LogP contribution in [0.25, 0.3) is 10.9 Å². The summed E-state index contributed by atoms with van der Waals surface area (Å²) in [5.41, 5.74) is 3.92. The second-order valence-corrected chi connectivity index (χ2v) is 8.47. The summed E-state index contributed by atoms with van der Waals surface area (Å²) in [4.78, 5) is 26.2. The lowest BCUT2D eigenvalue weighted by Crippen LogP contribution is -2.09. The van der Waals surface area contributed by atoms with Gasteiger partial charge in [0.05, 0.1) is 11.2 Å². The largest absolute Gasteiger partial charge is 0.487 e. The maximum Gasteiger partial charge on any atom is 0.339 e. The molecule has 0 aliphatic carbocycles. The number of pyridine rings is 1. The number of fused-ring (bicyclic) bond motifs is 1. The van der Waals surface area contributed by atoms with Crippen molar-refractivity contribution >= 4 is 28.5 Å². The van der Waals surface area contributed by atoms with Crippen molar-refractivity contribution in [2.24, 2.45) is 0 Å². The first-order chi connectivity index (χ1) is 16.6. The van der Waals surface area contributed by atoms with Gasteiger partial charge in [-0.3, -0.25) is 4.89 Å². The van der Waals surface area contributed by atoms with Crippen LogP contribution in [0.2, 0.25) is 5.02 Å². The molecule has 0 amide bonds. The Labute approximate surface area is 204 Å². The summed E-state index contributed by atoms with van der Waals surface area (Å²) in [6, 6.07) is 27.5. The van der Waals surface area contributed by atoms with Crippen molar-refractivity contribution in [3.63, 3.8) is 0 Å². The predicted molar refractivity (Wildman–Crippen MR) is 132 cm³/mol. The van der Waals surface area contributed by atoms with Gasteiger partial charge in [0.2, 0.25) is 0 Å². The average Bonchev–Trinajstić information content (AvgIpc) is 2.86. The van der Waals surface area contributed by atoms with E-state index in [9.17, 15) is 4.79 Å². The van der Waals surface area contributed by atoms with Crippen LogP contribution in [0.15, 0.2) is 84.9 Å². The van der Waals surface area contributed by atoms with Crippen molar-refractivity contribution in [1.82, 2.24) is 4.98 Å². The van der Waals surface area contributed by atoms with Gasteiger partial charge in [0.1, 0.15) is 18.5 Å². The molecule has 0 aliphatic rings. The van der Waals surface area contributed by atoms with Gasteiger partial charge in [0.15, 0.2) is 0 Å². The molecule has 5 nitrogen and oxygen atoms in total. The summed E-state index contributed by atoms with van der Waals surface area (Å²) in [5, 5.41) is 1.82. The van der Waals surface area contributed by atoms with Crippen LogP contribution in [-0.2, 0) is 27.6 Å². The van der Waals surface area contributed by atoms with Gasteiger partial charge < -0.3 is 4.74 Å². The summed E-state index contributed by atoms with van der Waals surface area (Å²) in [6.07, 6.45) is 2.06. The molecular formula is C28H26ClNO4. The Hall–Kier alpha value is -3.41. The fourth-order valence-electron chi connectivity index (χ4n) is 3.66. The molecule has 1 atom stereocenters. The number of hydrogen-bond acceptors (Lipinski definition) is 5. The van der Waals surface area contributed by atoms with Gasteiger partial charge in [-0.25, -0.2) is 9.78 Å². The second kappa shape index (κ2) is 11.6. The van der Waals surface area contributed by atoms with E-state index in [1.54, 1.807) is 0 Å². The lowest BCUT2D eigenvalue weighted by Gasteiger charge is -2.17. The van der Waals surface area contributed by atoms with Gasteiger partial charge in [-0.05, 0) is 66.8 Å². The molecule has 3 aromatic carbocycles. The number of nitrogens with zero attached hydrogens (tertiary/aromatic N) is 1. The van der Waals surface area contributed by atoms with Gasteiger partial charge in [-0.1, -0.05) is 60.1 Å². The number of rotatable bonds is 10. The zero-order valence-corrected chi connectivity index (χ0v) is 19.7. The Balaban J connectivity index is 1.35. The van der Waals surface area contributed by atoms with Gasteiger partial charge in [-0.15, -0.1) is 0 Å². The Morgan fingerprint density at radius 2 is 1.71 bits per heavy atom. The number of carbonyl (C=O) groups is 1. The normalized spacial score (nSPS) is 11.8. The molecule has 1 aromatic heterocycles. The van der Waals surface area contributed by atoms with Crippen LogP contribution < -0.4 is 4.74 Å². The van der Waals surface area contributed by atoms with Crippen molar-refractivity contribution in [3.8, 4) is 5.75 Å². The van der Waals surface area contributed by atoms with E-state index in [1.165, 1.54) is 12.5 Å². The molecule has 0 saturated heterocycles. The van der Waals surface area contributed by atoms with Gasteiger partial charge in [-0.2, -0.15) is 4.89 Å². The molecule has 1 heterocycles. The van der Waals surface area contributed by atoms with Gasteiger partial charge >= 0.3 is 5.97 Å². The van der Waals surface area contributed by atoms with Crippen LogP contribution in [0.3, 0.4) is 0 Å². The maximum absolute atomic E-state index is 11.3. The monoisotopic (exact) mass is 475 g/mol. The number of halogens is 1. The van der Waals surface area contributed by atoms with E-state index in [0.717, 1.165) is 45.8 Å². The van der Waals surface area contributed by atoms with Crippen LogP contribution in [-0.4, -0.2) is 11.0 Å². The molecule has 1 unspecified atom stereocenters. The molecule has 6 heteroatoms. The minimum atomic E-state index is -0.481. The number of aromatic nitrogens is 1. The fraction of sp³-hybridized carbons (Fsp3) is 0.214. The molecule has 0 N–H and O–H groups in total. The zero-order chi connectivity index (χ0) is 23.8. The highest BCUT2D eigenvalue weighted by atomic mass is 35.5. The summed E-state index contributed by atoms with van der Waals surface area (Å²) in [7, 11) is 0. The van der Waals surface area contributed by atoms with Crippen molar-refractivity contribution in [1.29, 1.82) is 0 Å². The standard InChI is InChI=1S/C28H26ClNO4/c1-20(31)33-34-28(8-4-5-21-9-14-24(29)15-10-21)23-12-17-26(18-13-23)32-19-25-16-11-22-6-2-3-7-27(22)30-25/h2-3,6-7,9-18,28H,4-5,8,19H2,1H3. The Bertz CT molecular complexity index is 1230. The van der Waals surface area contributed by atoms with Crippen LogP contribution in [0.1, 0.15) is 42.7 Å². The molecule has 0 saturated carbocycles. The highest BCUT2D eigenvalue weighted by Crippen LogP contribution is 2.27. The van der Waals surface area contributed by atoms with Crippen LogP contribution in [0, 0.1) is 0 Å². The van der Waals surface area contributed by atoms with E-state index in [4.69, 9.17) is 26.1 Å². The van der Waals surface area contributed by atoms with E-state index < -0.39 is 5.97 Å². The first kappa shape index (κ1) is 23.7. The minimum Gasteiger partial charge on any atom is -0.487 e. The lowest BCUT2D eigenvalue weighted by molar-refractivity contribution is -0.300. The summed E-state index contributed by atoms with van der Waals surface area (Å²) in [6.45, 7) is 1.70. The number of para-hydroxylation sites is 1. The number of hydrogen-bond donors (Lipinski definition) is 0. The summed E-state index contributed by atoms with van der Waals surface area (Å²) < 4.78 is 5.92. The predicted octanol–water partition coefficient (Wildman–Crippen LogP) is 7.03. The average molecular weight is 476 g/mol. The van der Waals surface area contributed by atoms with E-state index in [1.807, 2.05) is 84.9 Å². The molecule has 4 rings (SSSR count). The van der Waals surface area contributed by atoms with Crippen LogP contribution in [0.5, 0.6) is 5.75 Å². The first-order valence-corrected chi connectivity index (χ1v) is 11.6. The Morgan fingerprint density at radius 3 is 2.47 bits per heavy atom. The van der Waals surface area contributed by atoms with E-state index in [-0.39, 0.29) is 6.10 Å². The highest BCUT2D eigenvalue weighted by molar-refractivity contribution is 6.30. The Kier molecular flexibility index (Phi) is 8.12. The SMILES string of the molecule is CC(=O)OOC(CCCc1ccc(Cl)cc1)c1ccc(OCc2ccc3ccccc3n2)cc1. The zero-order valence-electron chi connectivity index (χ0n) is 18.9. The molecule has 0 aliphatic heterocycles. The second-order valence-electron chi connectivity index (χ2n) is 8.03. The maximum atomic E-state index is 11.3. The van der Waals surface area contributed by atoms with Crippen LogP contribution >= 0.6 is 11.6 Å². The van der Waals surface area contributed by atoms with Crippen molar-refractivity contribution in [3.05, 3.63) is 107 Å². The third kappa shape index (κ3) is 6.80. The number of benzene rings is 3. The summed E-state index contributed by atoms with van der Waals surface area (Å²) >= 11 is 5.96. The van der Waals surface area contributed by atoms with Crippen molar-refractivity contribution < 1.29 is 19.3 Å². The molecular weight excluding hydrogens is 450 g/mol. The first-order valence-electron chi connectivity index (χ1n) is 11.2. The smallest absolute Gasteiger partial charge is 0.339 e. The molecule has 0 bridgehead atoms. The van der Waals surface area contributed by atoms with E-state index in [2.05, 4.69) is 4.98 Å². The van der Waals surface area contributed by atoms with E-state index in [0.29, 0.717) is 13.0 Å². The third-order valence-corrected chi connectivity index (χ3v) is 5.67. The molecule has 174 valence electrons. The van der Waals surface area contributed by atoms with E-state index >= 15 is 0 Å². The quantitative estimate of drug-likeness (QED) is 0.182. The Morgan fingerprint density at radius 1 is 0.941 bits per heavy atom. The number of aryl methyl sites for hydroxylation is 1. The lowest BCUT2D eigenvalue weighted by atomic mass is 10.0. The van der Waals surface area contributed by atoms with Gasteiger partial charge in [0.25, 0.3) is 0 Å². The minimum absolute atomic E-state index is 0.368. The van der Waals surface area contributed by atoms with Crippen molar-refractivity contribution in [2.75, 3.05) is 0 Å². The topological polar surface area (TPSA) is 57.7 Å². The molecule has 0 spiro atoms. The molecule has 0 fully saturated rings. The van der Waals surface area contributed by atoms with Gasteiger partial charge in [0, 0.05) is 17.3 Å². The number of ether oxygens (including phenoxy) is 1. The van der Waals surface area contributed by atoms with Crippen LogP contribution in [0.4, 0.5) is 0 Å². The fourth-order valence-corrected chi connectivity index (χ4v) is 3.79. The molecule has 4 aromatic rings. The summed E-state index contributed by atoms with van der Waals surface area (Å²) in [5.74, 6) is 0.247. The van der Waals surface area contributed by atoms with Crippen molar-refractivity contribution in [2.45, 2.75) is 38.9 Å². The highest BCUT2D eigenvalue weighted by Gasteiger charge is 2.15. The molecule has 34 heavy (non-hydrogen) atoms. The number of carbonyl (C=O) groups excluding carboxylic acids is 1.